The third-order valence-corrected chi connectivity index (χ3v) is 3.85. The van der Waals surface area contributed by atoms with Crippen LogP contribution in [0.25, 0.3) is 0 Å². The van der Waals surface area contributed by atoms with Gasteiger partial charge in [0.2, 0.25) is 0 Å². The molecule has 1 aliphatic heterocycles. The molecule has 4 atom stereocenters. The van der Waals surface area contributed by atoms with Crippen molar-refractivity contribution in [2.45, 2.75) is 19.8 Å². The van der Waals surface area contributed by atoms with Gasteiger partial charge in [-0.3, -0.25) is 19.2 Å². The van der Waals surface area contributed by atoms with Gasteiger partial charge in [0.25, 0.3) is 0 Å². The van der Waals surface area contributed by atoms with Crippen molar-refractivity contribution in [2.75, 3.05) is 0 Å². The van der Waals surface area contributed by atoms with Crippen molar-refractivity contribution in [1.29, 1.82) is 0 Å². The zero-order valence-electron chi connectivity index (χ0n) is 10.7. The van der Waals surface area contributed by atoms with Crippen LogP contribution in [0.3, 0.4) is 0 Å². The lowest BCUT2D eigenvalue weighted by Crippen LogP contribution is -2.38. The molecule has 0 aromatic heterocycles. The van der Waals surface area contributed by atoms with Crippen LogP contribution >= 0.6 is 0 Å². The second-order valence-electron chi connectivity index (χ2n) is 5.16. The Balaban J connectivity index is 2.31. The molecule has 0 spiro atoms. The number of carbonyl (C=O) groups is 4. The van der Waals surface area contributed by atoms with Gasteiger partial charge in [-0.25, -0.2) is 0 Å². The van der Waals surface area contributed by atoms with Crippen LogP contribution in [-0.2, 0) is 23.9 Å². The minimum absolute atomic E-state index is 0.0519. The number of hydrogen-bond donors (Lipinski definition) is 2. The minimum atomic E-state index is -1.22. The van der Waals surface area contributed by atoms with Crippen molar-refractivity contribution in [3.8, 4) is 0 Å². The third kappa shape index (κ3) is 2.43. The molecule has 7 nitrogen and oxygen atoms in total. The maximum absolute atomic E-state index is 11.5. The van der Waals surface area contributed by atoms with E-state index in [9.17, 15) is 24.3 Å². The molecule has 1 heterocycles. The van der Waals surface area contributed by atoms with Gasteiger partial charge in [-0.2, -0.15) is 0 Å². The monoisotopic (exact) mass is 282 g/mol. The largest absolute Gasteiger partial charge is 0.481 e. The predicted octanol–water partition coefficient (Wildman–Crippen LogP) is 0.444. The van der Waals surface area contributed by atoms with Gasteiger partial charge in [0.15, 0.2) is 0 Å². The summed E-state index contributed by atoms with van der Waals surface area (Å²) in [5.74, 6) is -7.16. The number of esters is 2. The molecule has 7 heteroatoms. The molecular formula is C13H14O7. The van der Waals surface area contributed by atoms with E-state index in [0.29, 0.717) is 5.57 Å². The first-order valence-corrected chi connectivity index (χ1v) is 6.22. The summed E-state index contributed by atoms with van der Waals surface area (Å²) in [4.78, 5) is 45.1. The maximum atomic E-state index is 11.5. The van der Waals surface area contributed by atoms with Crippen molar-refractivity contribution in [1.82, 2.24) is 0 Å². The van der Waals surface area contributed by atoms with Crippen LogP contribution in [0.5, 0.6) is 0 Å². The van der Waals surface area contributed by atoms with E-state index >= 15 is 0 Å². The first kappa shape index (κ1) is 14.2. The molecule has 1 saturated heterocycles. The topological polar surface area (TPSA) is 118 Å². The van der Waals surface area contributed by atoms with Gasteiger partial charge in [0.05, 0.1) is 24.2 Å². The van der Waals surface area contributed by atoms with Crippen molar-refractivity contribution in [2.24, 2.45) is 23.7 Å². The van der Waals surface area contributed by atoms with Crippen molar-refractivity contribution >= 4 is 23.9 Å². The second-order valence-corrected chi connectivity index (χ2v) is 5.16. The molecular weight excluding hydrogens is 268 g/mol. The summed E-state index contributed by atoms with van der Waals surface area (Å²) in [6, 6.07) is 0. The second kappa shape index (κ2) is 5.07. The van der Waals surface area contributed by atoms with Gasteiger partial charge in [0, 0.05) is 0 Å². The fraction of sp³-hybridized carbons (Fsp3) is 0.538. The van der Waals surface area contributed by atoms with Crippen LogP contribution in [0, 0.1) is 23.7 Å². The zero-order chi connectivity index (χ0) is 15.0. The van der Waals surface area contributed by atoms with E-state index in [1.54, 1.807) is 13.0 Å². The van der Waals surface area contributed by atoms with Crippen LogP contribution in [0.4, 0.5) is 0 Å². The van der Waals surface area contributed by atoms with E-state index in [1.165, 1.54) is 0 Å². The predicted molar refractivity (Wildman–Crippen MR) is 63.3 cm³/mol. The van der Waals surface area contributed by atoms with E-state index in [2.05, 4.69) is 4.74 Å². The molecule has 20 heavy (non-hydrogen) atoms. The number of ether oxygens (including phenoxy) is 1. The zero-order valence-corrected chi connectivity index (χ0v) is 10.7. The Labute approximate surface area is 114 Å². The number of carboxylic acids is 2. The normalized spacial score (nSPS) is 33.5. The first-order valence-electron chi connectivity index (χ1n) is 6.22. The van der Waals surface area contributed by atoms with Crippen molar-refractivity contribution in [3.63, 3.8) is 0 Å². The molecule has 2 rings (SSSR count). The molecule has 108 valence electrons. The average molecular weight is 282 g/mol. The van der Waals surface area contributed by atoms with Crippen LogP contribution in [0.1, 0.15) is 19.8 Å². The number of rotatable bonds is 3. The Morgan fingerprint density at radius 3 is 2.30 bits per heavy atom. The summed E-state index contributed by atoms with van der Waals surface area (Å²) in [7, 11) is 0. The van der Waals surface area contributed by atoms with E-state index in [-0.39, 0.29) is 12.8 Å². The molecule has 1 aliphatic carbocycles. The van der Waals surface area contributed by atoms with E-state index in [4.69, 9.17) is 5.11 Å². The van der Waals surface area contributed by atoms with Gasteiger partial charge in [-0.15, -0.1) is 0 Å². The number of aliphatic carboxylic acids is 2. The van der Waals surface area contributed by atoms with Crippen LogP contribution in [0.2, 0.25) is 0 Å². The van der Waals surface area contributed by atoms with Crippen LogP contribution < -0.4 is 0 Å². The van der Waals surface area contributed by atoms with Crippen LogP contribution in [-0.4, -0.2) is 34.1 Å². The summed E-state index contributed by atoms with van der Waals surface area (Å²) in [6.45, 7) is 1.59. The van der Waals surface area contributed by atoms with Crippen molar-refractivity contribution < 1.29 is 34.1 Å². The molecule has 0 bridgehead atoms. The summed E-state index contributed by atoms with van der Waals surface area (Å²) < 4.78 is 4.45. The fourth-order valence-corrected chi connectivity index (χ4v) is 2.91. The Morgan fingerprint density at radius 1 is 1.20 bits per heavy atom. The Morgan fingerprint density at radius 2 is 1.85 bits per heavy atom. The van der Waals surface area contributed by atoms with Gasteiger partial charge >= 0.3 is 23.9 Å². The Kier molecular flexibility index (Phi) is 3.61. The number of allylic oxidation sites excluding steroid dienone is 1. The third-order valence-electron chi connectivity index (χ3n) is 3.85. The van der Waals surface area contributed by atoms with Gasteiger partial charge in [0.1, 0.15) is 0 Å². The van der Waals surface area contributed by atoms with Crippen LogP contribution in [0.15, 0.2) is 11.6 Å². The number of carboxylic acid groups (broad SMARTS) is 2. The van der Waals surface area contributed by atoms with Gasteiger partial charge in [-0.1, -0.05) is 18.6 Å². The molecule has 0 aromatic rings. The average Bonchev–Trinajstić information content (AvgIpc) is 2.66. The number of cyclic esters (lactones) is 2. The highest BCUT2D eigenvalue weighted by Crippen LogP contribution is 2.39. The highest BCUT2D eigenvalue weighted by atomic mass is 16.6. The lowest BCUT2D eigenvalue weighted by Gasteiger charge is -2.31. The summed E-state index contributed by atoms with van der Waals surface area (Å²) in [6.07, 6.45) is 1.42. The van der Waals surface area contributed by atoms with E-state index < -0.39 is 47.5 Å². The number of hydrogen-bond acceptors (Lipinski definition) is 5. The molecule has 0 saturated carbocycles. The summed E-state index contributed by atoms with van der Waals surface area (Å²) >= 11 is 0. The lowest BCUT2D eigenvalue weighted by molar-refractivity contribution is -0.156. The molecule has 0 amide bonds. The summed E-state index contributed by atoms with van der Waals surface area (Å²) in [5, 5.41) is 18.3. The van der Waals surface area contributed by atoms with Gasteiger partial charge < -0.3 is 14.9 Å². The molecule has 2 N–H and O–H groups in total. The van der Waals surface area contributed by atoms with Crippen molar-refractivity contribution in [3.05, 3.63) is 11.6 Å². The standard InChI is InChI=1S/C13H14O7/c1-5-2-6(7-4-9(14)20-13(7)19)3-8(11(15)16)10(5)12(17)18/h2,5,7-8,10H,3-4H2,1H3,(H,15,16)(H,17,18). The fourth-order valence-electron chi connectivity index (χ4n) is 2.91. The van der Waals surface area contributed by atoms with E-state index in [0.717, 1.165) is 0 Å². The molecule has 2 aliphatic rings. The SMILES string of the molecule is CC1C=C(C2CC(=O)OC2=O)CC(C(=O)O)C1C(=O)O. The first-order chi connectivity index (χ1) is 9.31. The molecule has 1 fully saturated rings. The lowest BCUT2D eigenvalue weighted by atomic mass is 9.71. The minimum Gasteiger partial charge on any atom is -0.481 e. The van der Waals surface area contributed by atoms with Gasteiger partial charge in [-0.05, 0) is 12.3 Å². The summed E-state index contributed by atoms with van der Waals surface area (Å²) in [5.41, 5.74) is 0.484. The molecule has 4 unspecified atom stereocenters. The Hall–Kier alpha value is -2.18. The highest BCUT2D eigenvalue weighted by molar-refractivity contribution is 5.96. The molecule has 0 radical (unpaired) electrons. The molecule has 0 aromatic carbocycles. The smallest absolute Gasteiger partial charge is 0.321 e. The Bertz CT molecular complexity index is 519. The quantitative estimate of drug-likeness (QED) is 0.438. The number of carbonyl (C=O) groups excluding carboxylic acids is 2. The maximum Gasteiger partial charge on any atom is 0.321 e. The van der Waals surface area contributed by atoms with E-state index in [1.807, 2.05) is 0 Å². The highest BCUT2D eigenvalue weighted by Gasteiger charge is 2.45.